The van der Waals surface area contributed by atoms with E-state index in [9.17, 15) is 0 Å². The molecule has 2 N–H and O–H groups in total. The number of hydrogen-bond acceptors (Lipinski definition) is 4. The van der Waals surface area contributed by atoms with Gasteiger partial charge in [-0.25, -0.2) is 0 Å². The standard InChI is InChI=1S/C8H16N4S/c1-3-7(9)4-13-5-8-11-10-6-12(8)2/h6-7H,3-5,9H2,1-2H3. The lowest BCUT2D eigenvalue weighted by Gasteiger charge is -2.06. The molecule has 1 rings (SSSR count). The molecular weight excluding hydrogens is 184 g/mol. The van der Waals surface area contributed by atoms with Crippen LogP contribution in [0.5, 0.6) is 0 Å². The van der Waals surface area contributed by atoms with E-state index in [1.54, 1.807) is 6.33 Å². The number of rotatable bonds is 5. The van der Waals surface area contributed by atoms with E-state index in [-0.39, 0.29) is 0 Å². The third kappa shape index (κ3) is 3.36. The minimum absolute atomic E-state index is 0.304. The second-order valence-electron chi connectivity index (χ2n) is 3.04. The smallest absolute Gasteiger partial charge is 0.142 e. The van der Waals surface area contributed by atoms with E-state index in [4.69, 9.17) is 5.73 Å². The topological polar surface area (TPSA) is 56.7 Å². The molecule has 0 amide bonds. The van der Waals surface area contributed by atoms with E-state index >= 15 is 0 Å². The van der Waals surface area contributed by atoms with Gasteiger partial charge in [0.05, 0.1) is 5.75 Å². The van der Waals surface area contributed by atoms with Crippen LogP contribution in [0.1, 0.15) is 19.2 Å². The van der Waals surface area contributed by atoms with Gasteiger partial charge < -0.3 is 10.3 Å². The largest absolute Gasteiger partial charge is 0.327 e. The third-order valence-electron chi connectivity index (χ3n) is 1.89. The Bertz CT molecular complexity index is 248. The highest BCUT2D eigenvalue weighted by Crippen LogP contribution is 2.10. The fraction of sp³-hybridized carbons (Fsp3) is 0.750. The summed E-state index contributed by atoms with van der Waals surface area (Å²) in [7, 11) is 1.95. The minimum atomic E-state index is 0.304. The number of aromatic nitrogens is 3. The maximum Gasteiger partial charge on any atom is 0.142 e. The number of nitrogens with two attached hydrogens (primary N) is 1. The maximum atomic E-state index is 5.79. The molecule has 0 bridgehead atoms. The van der Waals surface area contributed by atoms with Crippen LogP contribution in [0.4, 0.5) is 0 Å². The molecule has 0 aromatic carbocycles. The van der Waals surface area contributed by atoms with Gasteiger partial charge in [0.25, 0.3) is 0 Å². The number of aryl methyl sites for hydroxylation is 1. The van der Waals surface area contributed by atoms with Crippen LogP contribution in [0.15, 0.2) is 6.33 Å². The van der Waals surface area contributed by atoms with Crippen LogP contribution in [0.3, 0.4) is 0 Å². The average Bonchev–Trinajstić information content (AvgIpc) is 2.52. The van der Waals surface area contributed by atoms with Crippen molar-refractivity contribution in [2.24, 2.45) is 12.8 Å². The van der Waals surface area contributed by atoms with Gasteiger partial charge in [-0.2, -0.15) is 11.8 Å². The maximum absolute atomic E-state index is 5.79. The molecule has 0 saturated carbocycles. The highest BCUT2D eigenvalue weighted by atomic mass is 32.2. The summed E-state index contributed by atoms with van der Waals surface area (Å²) in [5, 5.41) is 7.80. The predicted octanol–water partition coefficient (Wildman–Crippen LogP) is 0.786. The minimum Gasteiger partial charge on any atom is -0.327 e. The van der Waals surface area contributed by atoms with Gasteiger partial charge in [0.15, 0.2) is 0 Å². The summed E-state index contributed by atoms with van der Waals surface area (Å²) >= 11 is 1.81. The van der Waals surface area contributed by atoms with Crippen LogP contribution in [0.25, 0.3) is 0 Å². The number of thioether (sulfide) groups is 1. The lowest BCUT2D eigenvalue weighted by molar-refractivity contribution is 0.724. The Kier molecular flexibility index (Phi) is 4.24. The Morgan fingerprint density at radius 3 is 3.00 bits per heavy atom. The van der Waals surface area contributed by atoms with E-state index in [2.05, 4.69) is 17.1 Å². The van der Waals surface area contributed by atoms with Gasteiger partial charge in [-0.3, -0.25) is 0 Å². The molecule has 1 aromatic rings. The molecule has 0 spiro atoms. The molecule has 4 nitrogen and oxygen atoms in total. The van der Waals surface area contributed by atoms with Gasteiger partial charge in [-0.1, -0.05) is 6.92 Å². The van der Waals surface area contributed by atoms with Crippen molar-refractivity contribution in [1.29, 1.82) is 0 Å². The van der Waals surface area contributed by atoms with Crippen molar-refractivity contribution in [2.75, 3.05) is 5.75 Å². The molecule has 0 radical (unpaired) electrons. The van der Waals surface area contributed by atoms with E-state index in [0.29, 0.717) is 6.04 Å². The first-order valence-electron chi connectivity index (χ1n) is 4.40. The zero-order valence-corrected chi connectivity index (χ0v) is 8.92. The van der Waals surface area contributed by atoms with Gasteiger partial charge >= 0.3 is 0 Å². The second kappa shape index (κ2) is 5.24. The molecule has 0 fully saturated rings. The van der Waals surface area contributed by atoms with Crippen molar-refractivity contribution < 1.29 is 0 Å². The number of hydrogen-bond donors (Lipinski definition) is 1. The van der Waals surface area contributed by atoms with Gasteiger partial charge in [0.1, 0.15) is 12.2 Å². The molecule has 0 saturated heterocycles. The van der Waals surface area contributed by atoms with E-state index in [1.807, 2.05) is 23.4 Å². The van der Waals surface area contributed by atoms with E-state index in [0.717, 1.165) is 23.8 Å². The molecule has 1 aromatic heterocycles. The Balaban J connectivity index is 2.24. The molecule has 5 heteroatoms. The summed E-state index contributed by atoms with van der Waals surface area (Å²) in [5.41, 5.74) is 5.79. The molecular formula is C8H16N4S. The van der Waals surface area contributed by atoms with Crippen molar-refractivity contribution >= 4 is 11.8 Å². The first-order chi connectivity index (χ1) is 6.24. The van der Waals surface area contributed by atoms with Crippen molar-refractivity contribution in [1.82, 2.24) is 14.8 Å². The monoisotopic (exact) mass is 200 g/mol. The summed E-state index contributed by atoms with van der Waals surface area (Å²) in [5.74, 6) is 2.89. The second-order valence-corrected chi connectivity index (χ2v) is 4.07. The fourth-order valence-corrected chi connectivity index (χ4v) is 1.96. The van der Waals surface area contributed by atoms with Crippen molar-refractivity contribution in [3.05, 3.63) is 12.2 Å². The summed E-state index contributed by atoms with van der Waals surface area (Å²) in [6.45, 7) is 2.10. The summed E-state index contributed by atoms with van der Waals surface area (Å²) in [6.07, 6.45) is 2.75. The molecule has 1 unspecified atom stereocenters. The molecule has 0 aliphatic heterocycles. The Hall–Kier alpha value is -0.550. The first kappa shape index (κ1) is 10.5. The van der Waals surface area contributed by atoms with Crippen LogP contribution in [-0.2, 0) is 12.8 Å². The third-order valence-corrected chi connectivity index (χ3v) is 3.02. The van der Waals surface area contributed by atoms with Gasteiger partial charge in [0.2, 0.25) is 0 Å². The van der Waals surface area contributed by atoms with Gasteiger partial charge in [0, 0.05) is 18.8 Å². The lowest BCUT2D eigenvalue weighted by atomic mass is 10.3. The Morgan fingerprint density at radius 2 is 2.46 bits per heavy atom. The number of nitrogens with zero attached hydrogens (tertiary/aromatic N) is 3. The highest BCUT2D eigenvalue weighted by molar-refractivity contribution is 7.98. The van der Waals surface area contributed by atoms with Gasteiger partial charge in [-0.05, 0) is 6.42 Å². The van der Waals surface area contributed by atoms with Gasteiger partial charge in [-0.15, -0.1) is 10.2 Å². The van der Waals surface area contributed by atoms with E-state index in [1.165, 1.54) is 0 Å². The lowest BCUT2D eigenvalue weighted by Crippen LogP contribution is -2.21. The predicted molar refractivity (Wildman–Crippen MR) is 55.4 cm³/mol. The Morgan fingerprint density at radius 1 is 1.69 bits per heavy atom. The van der Waals surface area contributed by atoms with Crippen LogP contribution in [-0.4, -0.2) is 26.6 Å². The van der Waals surface area contributed by atoms with Crippen molar-refractivity contribution in [2.45, 2.75) is 25.1 Å². The van der Waals surface area contributed by atoms with Crippen LogP contribution in [0, 0.1) is 0 Å². The molecule has 0 aliphatic carbocycles. The van der Waals surface area contributed by atoms with Crippen molar-refractivity contribution in [3.8, 4) is 0 Å². The molecule has 0 aliphatic rings. The zero-order valence-electron chi connectivity index (χ0n) is 8.10. The Labute approximate surface area is 82.9 Å². The summed E-state index contributed by atoms with van der Waals surface area (Å²) in [4.78, 5) is 0. The van der Waals surface area contributed by atoms with Crippen molar-refractivity contribution in [3.63, 3.8) is 0 Å². The normalized spacial score (nSPS) is 13.2. The molecule has 13 heavy (non-hydrogen) atoms. The zero-order chi connectivity index (χ0) is 9.68. The average molecular weight is 200 g/mol. The molecule has 1 heterocycles. The first-order valence-corrected chi connectivity index (χ1v) is 5.55. The van der Waals surface area contributed by atoms with Crippen LogP contribution in [0.2, 0.25) is 0 Å². The fourth-order valence-electron chi connectivity index (χ4n) is 0.857. The highest BCUT2D eigenvalue weighted by Gasteiger charge is 2.03. The quantitative estimate of drug-likeness (QED) is 0.763. The molecule has 1 atom stereocenters. The summed E-state index contributed by atoms with van der Waals surface area (Å²) in [6, 6.07) is 0.304. The SMILES string of the molecule is CCC(N)CSCc1nncn1C. The van der Waals surface area contributed by atoms with Crippen LogP contribution >= 0.6 is 11.8 Å². The van der Waals surface area contributed by atoms with E-state index < -0.39 is 0 Å². The summed E-state index contributed by atoms with van der Waals surface area (Å²) < 4.78 is 1.93. The molecule has 74 valence electrons. The van der Waals surface area contributed by atoms with Crippen LogP contribution < -0.4 is 5.73 Å².